The number of carboxylic acids is 1. The van der Waals surface area contributed by atoms with Crippen molar-refractivity contribution in [1.29, 1.82) is 0 Å². The van der Waals surface area contributed by atoms with Gasteiger partial charge in [0.2, 0.25) is 0 Å². The Labute approximate surface area is 199 Å². The maximum absolute atomic E-state index is 12.6. The van der Waals surface area contributed by atoms with Gasteiger partial charge < -0.3 is 20.8 Å². The number of nitrogens with one attached hydrogen (secondary N) is 2. The molecule has 3 heterocycles. The molecule has 0 radical (unpaired) electrons. The standard InChI is InChI=1S/C24H32N6O4/c31-20(14-30-8-5-17-3-1-2-4-18(17)13-30)12-25-24(34)21-11-22(27-16-26-21)28-19-6-9-29(10-7-19)15-23(32)33/h1-4,11,16,19-20,31H,5-10,12-15H2,(H,25,34)(H,32,33)(H,26,27,28)/t20-/m0/s1. The van der Waals surface area contributed by atoms with Crippen molar-refractivity contribution >= 4 is 17.7 Å². The van der Waals surface area contributed by atoms with Crippen LogP contribution in [0.1, 0.15) is 34.5 Å². The van der Waals surface area contributed by atoms with Gasteiger partial charge in [0, 0.05) is 51.4 Å². The zero-order valence-electron chi connectivity index (χ0n) is 19.2. The molecule has 2 aromatic rings. The summed E-state index contributed by atoms with van der Waals surface area (Å²) in [5.41, 5.74) is 2.89. The number of fused-ring (bicyclic) bond motifs is 1. The number of aliphatic hydroxyl groups is 1. The molecule has 4 N–H and O–H groups in total. The number of benzene rings is 1. The fraction of sp³-hybridized carbons (Fsp3) is 0.500. The number of likely N-dealkylation sites (tertiary alicyclic amines) is 1. The third kappa shape index (κ3) is 6.72. The monoisotopic (exact) mass is 468 g/mol. The van der Waals surface area contributed by atoms with Crippen LogP contribution in [0, 0.1) is 0 Å². The van der Waals surface area contributed by atoms with Crippen LogP contribution in [0.25, 0.3) is 0 Å². The van der Waals surface area contributed by atoms with Crippen LogP contribution in [0.3, 0.4) is 0 Å². The quantitative estimate of drug-likeness (QED) is 0.417. The molecule has 10 heteroatoms. The van der Waals surface area contributed by atoms with E-state index in [0.717, 1.165) is 32.4 Å². The molecule has 0 spiro atoms. The molecule has 1 atom stereocenters. The van der Waals surface area contributed by atoms with E-state index in [0.29, 0.717) is 25.5 Å². The van der Waals surface area contributed by atoms with E-state index in [9.17, 15) is 14.7 Å². The number of β-amino-alcohol motifs (C(OH)–C–C–N with tert-alkyl or cyclic N) is 1. The van der Waals surface area contributed by atoms with Gasteiger partial charge in [0.15, 0.2) is 0 Å². The molecule has 0 aliphatic carbocycles. The number of aliphatic hydroxyl groups excluding tert-OH is 1. The molecular formula is C24H32N6O4. The van der Waals surface area contributed by atoms with Crippen LogP contribution in [0.2, 0.25) is 0 Å². The van der Waals surface area contributed by atoms with Gasteiger partial charge in [-0.1, -0.05) is 24.3 Å². The molecule has 10 nitrogen and oxygen atoms in total. The second kappa shape index (κ2) is 11.4. The highest BCUT2D eigenvalue weighted by Gasteiger charge is 2.22. The second-order valence-corrected chi connectivity index (χ2v) is 8.99. The SMILES string of the molecule is O=C(O)CN1CCC(Nc2cc(C(=O)NC[C@H](O)CN3CCc4ccccc4C3)ncn2)CC1. The number of carboxylic acid groups (broad SMARTS) is 1. The van der Waals surface area contributed by atoms with Crippen molar-refractivity contribution in [3.8, 4) is 0 Å². The molecule has 34 heavy (non-hydrogen) atoms. The van der Waals surface area contributed by atoms with Crippen molar-refractivity contribution < 1.29 is 19.8 Å². The van der Waals surface area contributed by atoms with E-state index in [1.165, 1.54) is 17.5 Å². The van der Waals surface area contributed by atoms with Crippen molar-refractivity contribution in [1.82, 2.24) is 25.1 Å². The number of carbonyl (C=O) groups is 2. The second-order valence-electron chi connectivity index (χ2n) is 8.99. The Morgan fingerprint density at radius 2 is 1.85 bits per heavy atom. The molecule has 1 aromatic heterocycles. The fourth-order valence-electron chi connectivity index (χ4n) is 4.57. The van der Waals surface area contributed by atoms with Gasteiger partial charge in [0.1, 0.15) is 17.8 Å². The van der Waals surface area contributed by atoms with Crippen LogP contribution in [0.4, 0.5) is 5.82 Å². The summed E-state index contributed by atoms with van der Waals surface area (Å²) >= 11 is 0. The Morgan fingerprint density at radius 1 is 1.09 bits per heavy atom. The summed E-state index contributed by atoms with van der Waals surface area (Å²) < 4.78 is 0. The molecule has 0 unspecified atom stereocenters. The molecule has 1 fully saturated rings. The normalized spacial score (nSPS) is 18.1. The van der Waals surface area contributed by atoms with E-state index < -0.39 is 12.1 Å². The van der Waals surface area contributed by atoms with Crippen LogP contribution in [0.15, 0.2) is 36.7 Å². The lowest BCUT2D eigenvalue weighted by atomic mass is 10.00. The summed E-state index contributed by atoms with van der Waals surface area (Å²) in [5.74, 6) is -0.613. The maximum Gasteiger partial charge on any atom is 0.317 e. The van der Waals surface area contributed by atoms with Crippen molar-refractivity contribution in [2.45, 2.75) is 38.0 Å². The van der Waals surface area contributed by atoms with E-state index in [2.05, 4.69) is 43.7 Å². The van der Waals surface area contributed by atoms with Crippen LogP contribution in [0.5, 0.6) is 0 Å². The smallest absolute Gasteiger partial charge is 0.317 e. The van der Waals surface area contributed by atoms with Gasteiger partial charge in [-0.05, 0) is 30.4 Å². The van der Waals surface area contributed by atoms with Gasteiger partial charge in [-0.2, -0.15) is 0 Å². The van der Waals surface area contributed by atoms with E-state index in [4.69, 9.17) is 5.11 Å². The number of anilines is 1. The van der Waals surface area contributed by atoms with Gasteiger partial charge in [-0.15, -0.1) is 0 Å². The molecule has 2 aliphatic rings. The molecule has 4 rings (SSSR count). The number of aliphatic carboxylic acids is 1. The number of nitrogens with zero attached hydrogens (tertiary/aromatic N) is 4. The molecule has 182 valence electrons. The van der Waals surface area contributed by atoms with E-state index in [1.807, 2.05) is 11.0 Å². The Kier molecular flexibility index (Phi) is 8.04. The largest absolute Gasteiger partial charge is 0.480 e. The van der Waals surface area contributed by atoms with Crippen LogP contribution in [-0.4, -0.2) is 93.3 Å². The predicted octanol–water partition coefficient (Wildman–Crippen LogP) is 0.587. The average Bonchev–Trinajstić information content (AvgIpc) is 2.83. The Hall–Kier alpha value is -3.08. The molecule has 0 saturated carbocycles. The summed E-state index contributed by atoms with van der Waals surface area (Å²) in [6.45, 7) is 3.78. The van der Waals surface area contributed by atoms with Gasteiger partial charge >= 0.3 is 5.97 Å². The lowest BCUT2D eigenvalue weighted by Crippen LogP contribution is -2.42. The minimum absolute atomic E-state index is 0.0570. The third-order valence-corrected chi connectivity index (χ3v) is 6.38. The van der Waals surface area contributed by atoms with Crippen LogP contribution >= 0.6 is 0 Å². The highest BCUT2D eigenvalue weighted by atomic mass is 16.4. The first-order chi connectivity index (χ1) is 16.5. The van der Waals surface area contributed by atoms with E-state index in [1.54, 1.807) is 6.07 Å². The molecule has 1 saturated heterocycles. The third-order valence-electron chi connectivity index (χ3n) is 6.38. The fourth-order valence-corrected chi connectivity index (χ4v) is 4.57. The zero-order chi connectivity index (χ0) is 23.9. The average molecular weight is 469 g/mol. The van der Waals surface area contributed by atoms with Crippen molar-refractivity contribution in [2.24, 2.45) is 0 Å². The Balaban J connectivity index is 1.21. The topological polar surface area (TPSA) is 131 Å². The van der Waals surface area contributed by atoms with Crippen LogP contribution < -0.4 is 10.6 Å². The molecule has 1 aromatic carbocycles. The number of piperidine rings is 1. The first-order valence-corrected chi connectivity index (χ1v) is 11.7. The summed E-state index contributed by atoms with van der Waals surface area (Å²) in [5, 5.41) is 25.4. The molecule has 1 amide bonds. The summed E-state index contributed by atoms with van der Waals surface area (Å²) in [4.78, 5) is 35.8. The van der Waals surface area contributed by atoms with Crippen LogP contribution in [-0.2, 0) is 17.8 Å². The zero-order valence-corrected chi connectivity index (χ0v) is 19.2. The van der Waals surface area contributed by atoms with Gasteiger partial charge in [-0.25, -0.2) is 9.97 Å². The summed E-state index contributed by atoms with van der Waals surface area (Å²) in [7, 11) is 0. The number of aromatic nitrogens is 2. The lowest BCUT2D eigenvalue weighted by molar-refractivity contribution is -0.138. The summed E-state index contributed by atoms with van der Waals surface area (Å²) in [6, 6.07) is 10.1. The van der Waals surface area contributed by atoms with Gasteiger partial charge in [0.25, 0.3) is 5.91 Å². The minimum atomic E-state index is -0.816. The van der Waals surface area contributed by atoms with E-state index >= 15 is 0 Å². The lowest BCUT2D eigenvalue weighted by Gasteiger charge is -2.31. The molecular weight excluding hydrogens is 436 g/mol. The van der Waals surface area contributed by atoms with Crippen molar-refractivity contribution in [2.75, 3.05) is 44.6 Å². The van der Waals surface area contributed by atoms with Gasteiger partial charge in [-0.3, -0.25) is 19.4 Å². The van der Waals surface area contributed by atoms with Crippen molar-refractivity contribution in [3.63, 3.8) is 0 Å². The molecule has 0 bridgehead atoms. The summed E-state index contributed by atoms with van der Waals surface area (Å²) in [6.07, 6.45) is 3.23. The highest BCUT2D eigenvalue weighted by Crippen LogP contribution is 2.18. The predicted molar refractivity (Wildman–Crippen MR) is 127 cm³/mol. The van der Waals surface area contributed by atoms with E-state index in [-0.39, 0.29) is 30.7 Å². The number of rotatable bonds is 9. The maximum atomic E-state index is 12.6. The number of hydrogen-bond acceptors (Lipinski definition) is 8. The first-order valence-electron chi connectivity index (χ1n) is 11.7. The van der Waals surface area contributed by atoms with Gasteiger partial charge in [0.05, 0.1) is 12.6 Å². The number of amides is 1. The van der Waals surface area contributed by atoms with Crippen molar-refractivity contribution in [3.05, 3.63) is 53.5 Å². The first kappa shape index (κ1) is 24.1. The Morgan fingerprint density at radius 3 is 2.62 bits per heavy atom. The molecule has 2 aliphatic heterocycles. The number of hydrogen-bond donors (Lipinski definition) is 4. The Bertz CT molecular complexity index is 995. The number of carbonyl (C=O) groups excluding carboxylic acids is 1. The highest BCUT2D eigenvalue weighted by molar-refractivity contribution is 5.92. The minimum Gasteiger partial charge on any atom is -0.480 e.